The van der Waals surface area contributed by atoms with Gasteiger partial charge in [0, 0.05) is 22.1 Å². The van der Waals surface area contributed by atoms with Crippen LogP contribution in [0, 0.1) is 11.3 Å². The van der Waals surface area contributed by atoms with Gasteiger partial charge in [-0.3, -0.25) is 4.79 Å². The first kappa shape index (κ1) is 13.5. The summed E-state index contributed by atoms with van der Waals surface area (Å²) in [7, 11) is 0. The molecule has 0 aromatic heterocycles. The van der Waals surface area contributed by atoms with E-state index in [1.54, 1.807) is 18.2 Å². The van der Waals surface area contributed by atoms with E-state index in [0.717, 1.165) is 10.2 Å². The molecule has 1 rings (SSSR count). The number of anilines is 1. The minimum atomic E-state index is -0.428. The van der Waals surface area contributed by atoms with Crippen molar-refractivity contribution in [3.8, 4) is 6.07 Å². The lowest BCUT2D eigenvalue weighted by atomic mass is 9.99. The molecule has 0 aliphatic carbocycles. The maximum Gasteiger partial charge on any atom is 0.219 e. The maximum atomic E-state index is 10.9. The molecule has 0 radical (unpaired) electrons. The summed E-state index contributed by atoms with van der Waals surface area (Å²) in [5.74, 6) is -0.354. The summed E-state index contributed by atoms with van der Waals surface area (Å²) in [5.41, 5.74) is 6.16. The van der Waals surface area contributed by atoms with Crippen molar-refractivity contribution in [2.45, 2.75) is 25.8 Å². The van der Waals surface area contributed by atoms with Crippen LogP contribution in [-0.2, 0) is 4.79 Å². The third kappa shape index (κ3) is 4.08. The molecule has 0 spiro atoms. The van der Waals surface area contributed by atoms with Crippen LogP contribution in [0.1, 0.15) is 25.8 Å². The predicted octanol–water partition coefficient (Wildman–Crippen LogP) is 2.39. The first-order valence-corrected chi connectivity index (χ1v) is 5.89. The molecule has 5 heteroatoms. The van der Waals surface area contributed by atoms with E-state index in [4.69, 9.17) is 11.0 Å². The number of amides is 1. The number of nitriles is 1. The molecule has 0 saturated carbocycles. The highest BCUT2D eigenvalue weighted by Gasteiger charge is 2.21. The number of carbonyl (C=O) groups is 1. The average molecular weight is 296 g/mol. The molecule has 90 valence electrons. The van der Waals surface area contributed by atoms with E-state index in [2.05, 4.69) is 27.3 Å². The number of carbonyl (C=O) groups excluding carboxylic acids is 1. The van der Waals surface area contributed by atoms with E-state index in [9.17, 15) is 4.79 Å². The molecule has 0 aliphatic rings. The van der Waals surface area contributed by atoms with Crippen LogP contribution in [0.4, 0.5) is 5.69 Å². The Kier molecular flexibility index (Phi) is 4.13. The zero-order chi connectivity index (χ0) is 13.1. The van der Waals surface area contributed by atoms with Gasteiger partial charge in [-0.1, -0.05) is 0 Å². The molecule has 4 nitrogen and oxygen atoms in total. The van der Waals surface area contributed by atoms with Crippen molar-refractivity contribution in [1.82, 2.24) is 0 Å². The van der Waals surface area contributed by atoms with E-state index < -0.39 is 5.54 Å². The molecule has 0 aliphatic heterocycles. The fourth-order valence-electron chi connectivity index (χ4n) is 1.53. The molecule has 0 fully saturated rings. The third-order valence-electron chi connectivity index (χ3n) is 2.19. The Morgan fingerprint density at radius 1 is 1.59 bits per heavy atom. The topological polar surface area (TPSA) is 78.9 Å². The summed E-state index contributed by atoms with van der Waals surface area (Å²) >= 11 is 3.38. The summed E-state index contributed by atoms with van der Waals surface area (Å²) in [4.78, 5) is 10.9. The van der Waals surface area contributed by atoms with Gasteiger partial charge < -0.3 is 11.1 Å². The van der Waals surface area contributed by atoms with Gasteiger partial charge >= 0.3 is 0 Å². The highest BCUT2D eigenvalue weighted by molar-refractivity contribution is 9.10. The number of primary amides is 1. The first-order valence-electron chi connectivity index (χ1n) is 5.10. The van der Waals surface area contributed by atoms with E-state index in [1.807, 2.05) is 13.8 Å². The molecule has 0 heterocycles. The molecule has 0 bridgehead atoms. The fourth-order valence-corrected chi connectivity index (χ4v) is 2.01. The van der Waals surface area contributed by atoms with Crippen molar-refractivity contribution < 1.29 is 4.79 Å². The van der Waals surface area contributed by atoms with Gasteiger partial charge in [-0.2, -0.15) is 5.26 Å². The fraction of sp³-hybridized carbons (Fsp3) is 0.333. The largest absolute Gasteiger partial charge is 0.379 e. The van der Waals surface area contributed by atoms with Gasteiger partial charge in [-0.15, -0.1) is 0 Å². The van der Waals surface area contributed by atoms with E-state index in [0.29, 0.717) is 5.56 Å². The van der Waals surface area contributed by atoms with Gasteiger partial charge in [-0.25, -0.2) is 0 Å². The second-order valence-corrected chi connectivity index (χ2v) is 5.31. The van der Waals surface area contributed by atoms with Crippen molar-refractivity contribution in [3.63, 3.8) is 0 Å². The predicted molar refractivity (Wildman–Crippen MR) is 70.4 cm³/mol. The minimum Gasteiger partial charge on any atom is -0.379 e. The summed E-state index contributed by atoms with van der Waals surface area (Å²) in [6, 6.07) is 7.30. The van der Waals surface area contributed by atoms with E-state index >= 15 is 0 Å². The van der Waals surface area contributed by atoms with E-state index in [-0.39, 0.29) is 12.3 Å². The number of benzene rings is 1. The number of rotatable bonds is 4. The third-order valence-corrected chi connectivity index (χ3v) is 2.84. The molecule has 1 aromatic rings. The van der Waals surface area contributed by atoms with Crippen LogP contribution in [0.3, 0.4) is 0 Å². The smallest absolute Gasteiger partial charge is 0.219 e. The number of halogens is 1. The molecule has 1 aromatic carbocycles. The Hall–Kier alpha value is -1.54. The summed E-state index contributed by atoms with van der Waals surface area (Å²) < 4.78 is 0.786. The number of nitrogens with zero attached hydrogens (tertiary/aromatic N) is 1. The monoisotopic (exact) mass is 295 g/mol. The normalized spacial score (nSPS) is 10.7. The Labute approximate surface area is 109 Å². The average Bonchev–Trinajstić information content (AvgIpc) is 2.18. The maximum absolute atomic E-state index is 10.9. The SMILES string of the molecule is CC(C)(CC(N)=O)Nc1ccc(C#N)cc1Br. The Morgan fingerprint density at radius 2 is 2.24 bits per heavy atom. The van der Waals surface area contributed by atoms with Gasteiger partial charge in [0.05, 0.1) is 11.6 Å². The van der Waals surface area contributed by atoms with Crippen LogP contribution in [0.15, 0.2) is 22.7 Å². The second-order valence-electron chi connectivity index (χ2n) is 4.46. The molecular weight excluding hydrogens is 282 g/mol. The highest BCUT2D eigenvalue weighted by atomic mass is 79.9. The Morgan fingerprint density at radius 3 is 2.71 bits per heavy atom. The molecule has 17 heavy (non-hydrogen) atoms. The summed E-state index contributed by atoms with van der Waals surface area (Å²) in [5, 5.41) is 12.0. The molecule has 0 atom stereocenters. The van der Waals surface area contributed by atoms with Crippen LogP contribution >= 0.6 is 15.9 Å². The second kappa shape index (κ2) is 5.19. The van der Waals surface area contributed by atoms with Crippen molar-refractivity contribution in [1.29, 1.82) is 5.26 Å². The van der Waals surface area contributed by atoms with Gasteiger partial charge in [0.15, 0.2) is 0 Å². The van der Waals surface area contributed by atoms with Gasteiger partial charge in [0.1, 0.15) is 0 Å². The lowest BCUT2D eigenvalue weighted by Gasteiger charge is -2.26. The number of nitrogens with one attached hydrogen (secondary N) is 1. The number of hydrogen-bond acceptors (Lipinski definition) is 3. The van der Waals surface area contributed by atoms with Gasteiger partial charge in [0.2, 0.25) is 5.91 Å². The summed E-state index contributed by atoms with van der Waals surface area (Å²) in [6.07, 6.45) is 0.236. The van der Waals surface area contributed by atoms with Crippen molar-refractivity contribution in [2.75, 3.05) is 5.32 Å². The number of nitrogens with two attached hydrogens (primary N) is 1. The van der Waals surface area contributed by atoms with Crippen LogP contribution in [0.5, 0.6) is 0 Å². The quantitative estimate of drug-likeness (QED) is 0.895. The Bertz CT molecular complexity index is 477. The lowest BCUT2D eigenvalue weighted by molar-refractivity contribution is -0.118. The lowest BCUT2D eigenvalue weighted by Crippen LogP contribution is -2.36. The first-order chi connectivity index (χ1) is 7.84. The molecule has 3 N–H and O–H groups in total. The van der Waals surface area contributed by atoms with Crippen LogP contribution in [0.2, 0.25) is 0 Å². The molecular formula is C12H14BrN3O. The van der Waals surface area contributed by atoms with Crippen molar-refractivity contribution >= 4 is 27.5 Å². The Balaban J connectivity index is 2.89. The molecule has 0 saturated heterocycles. The standard InChI is InChI=1S/C12H14BrN3O/c1-12(2,6-11(15)17)16-10-4-3-8(7-14)5-9(10)13/h3-5,16H,6H2,1-2H3,(H2,15,17). The summed E-state index contributed by atoms with van der Waals surface area (Å²) in [6.45, 7) is 3.78. The van der Waals surface area contributed by atoms with Crippen molar-refractivity contribution in [3.05, 3.63) is 28.2 Å². The highest BCUT2D eigenvalue weighted by Crippen LogP contribution is 2.27. The molecule has 0 unspecified atom stereocenters. The van der Waals surface area contributed by atoms with Gasteiger partial charge in [-0.05, 0) is 48.0 Å². The zero-order valence-corrected chi connectivity index (χ0v) is 11.3. The van der Waals surface area contributed by atoms with Gasteiger partial charge in [0.25, 0.3) is 0 Å². The number of hydrogen-bond donors (Lipinski definition) is 2. The van der Waals surface area contributed by atoms with Crippen LogP contribution in [0.25, 0.3) is 0 Å². The zero-order valence-electron chi connectivity index (χ0n) is 9.75. The minimum absolute atomic E-state index is 0.236. The van der Waals surface area contributed by atoms with Crippen molar-refractivity contribution in [2.24, 2.45) is 5.73 Å². The molecule has 1 amide bonds. The van der Waals surface area contributed by atoms with Crippen LogP contribution < -0.4 is 11.1 Å². The van der Waals surface area contributed by atoms with Crippen LogP contribution in [-0.4, -0.2) is 11.4 Å². The van der Waals surface area contributed by atoms with E-state index in [1.165, 1.54) is 0 Å².